The van der Waals surface area contributed by atoms with Crippen molar-refractivity contribution in [2.24, 2.45) is 11.7 Å². The predicted molar refractivity (Wildman–Crippen MR) is 69.9 cm³/mol. The molecule has 0 radical (unpaired) electrons. The Morgan fingerprint density at radius 3 is 2.47 bits per heavy atom. The van der Waals surface area contributed by atoms with Gasteiger partial charge < -0.3 is 10.6 Å². The van der Waals surface area contributed by atoms with Gasteiger partial charge in [-0.25, -0.2) is 0 Å². The Bertz CT molecular complexity index is 439. The summed E-state index contributed by atoms with van der Waals surface area (Å²) in [6, 6.07) is 4.22. The molecule has 0 unspecified atom stereocenters. The van der Waals surface area contributed by atoms with Crippen molar-refractivity contribution in [3.63, 3.8) is 0 Å². The number of rotatable bonds is 4. The number of hydrogen-bond acceptors (Lipinski definition) is 2. The van der Waals surface area contributed by atoms with Crippen LogP contribution in [0.2, 0.25) is 0 Å². The van der Waals surface area contributed by atoms with Crippen LogP contribution < -0.4 is 10.6 Å². The van der Waals surface area contributed by atoms with Crippen LogP contribution in [0, 0.1) is 5.92 Å². The van der Waals surface area contributed by atoms with Gasteiger partial charge in [-0.05, 0) is 42.5 Å². The van der Waals surface area contributed by atoms with E-state index in [0.29, 0.717) is 5.92 Å². The van der Waals surface area contributed by atoms with Crippen molar-refractivity contribution in [1.29, 1.82) is 0 Å². The summed E-state index contributed by atoms with van der Waals surface area (Å²) >= 11 is 0. The van der Waals surface area contributed by atoms with Crippen molar-refractivity contribution in [3.8, 4) is 0 Å². The number of benzene rings is 1. The molecule has 106 valence electrons. The lowest BCUT2D eigenvalue weighted by atomic mass is 9.85. The van der Waals surface area contributed by atoms with E-state index >= 15 is 0 Å². The molecule has 0 amide bonds. The van der Waals surface area contributed by atoms with Crippen molar-refractivity contribution in [3.05, 3.63) is 29.3 Å². The lowest BCUT2D eigenvalue weighted by Gasteiger charge is -2.31. The summed E-state index contributed by atoms with van der Waals surface area (Å²) in [5.41, 5.74) is 5.77. The highest BCUT2D eigenvalue weighted by molar-refractivity contribution is 5.51. The molecule has 2 rings (SSSR count). The molecule has 2 N–H and O–H groups in total. The number of nitrogens with two attached hydrogens (primary N) is 1. The summed E-state index contributed by atoms with van der Waals surface area (Å²) < 4.78 is 38.3. The van der Waals surface area contributed by atoms with Gasteiger partial charge in [-0.15, -0.1) is 0 Å². The first-order valence-corrected chi connectivity index (χ1v) is 6.53. The van der Waals surface area contributed by atoms with Gasteiger partial charge in [0, 0.05) is 25.8 Å². The molecule has 0 saturated heterocycles. The summed E-state index contributed by atoms with van der Waals surface area (Å²) in [6.07, 6.45) is -0.636. The average Bonchev–Trinajstić information content (AvgIpc) is 2.31. The largest absolute Gasteiger partial charge is 0.416 e. The van der Waals surface area contributed by atoms with Crippen LogP contribution in [0.1, 0.15) is 30.4 Å². The molecule has 19 heavy (non-hydrogen) atoms. The van der Waals surface area contributed by atoms with Crippen LogP contribution >= 0.6 is 0 Å². The number of hydrogen-bond donors (Lipinski definition) is 1. The van der Waals surface area contributed by atoms with Crippen molar-refractivity contribution in [1.82, 2.24) is 0 Å². The molecule has 1 fully saturated rings. The van der Waals surface area contributed by atoms with Gasteiger partial charge in [-0.1, -0.05) is 6.42 Å². The lowest BCUT2D eigenvalue weighted by Crippen LogP contribution is -2.29. The summed E-state index contributed by atoms with van der Waals surface area (Å²) in [5.74, 6) is 0.675. The normalized spacial score (nSPS) is 16.3. The van der Waals surface area contributed by atoms with Crippen LogP contribution in [0.5, 0.6) is 0 Å². The third kappa shape index (κ3) is 3.21. The highest BCUT2D eigenvalue weighted by atomic mass is 19.4. The highest BCUT2D eigenvalue weighted by Gasteiger charge is 2.33. The zero-order valence-corrected chi connectivity index (χ0v) is 11.0. The highest BCUT2D eigenvalue weighted by Crippen LogP contribution is 2.34. The van der Waals surface area contributed by atoms with Crippen LogP contribution in [0.15, 0.2) is 18.2 Å². The molecule has 0 aromatic heterocycles. The molecule has 1 aliphatic carbocycles. The molecule has 1 saturated carbocycles. The fourth-order valence-corrected chi connectivity index (χ4v) is 2.43. The monoisotopic (exact) mass is 272 g/mol. The summed E-state index contributed by atoms with van der Waals surface area (Å²) in [6.45, 7) is 0.801. The van der Waals surface area contributed by atoms with Crippen molar-refractivity contribution in [2.45, 2.75) is 32.0 Å². The minimum Gasteiger partial charge on any atom is -0.374 e. The van der Waals surface area contributed by atoms with Crippen molar-refractivity contribution >= 4 is 5.69 Å². The zero-order chi connectivity index (χ0) is 14.0. The van der Waals surface area contributed by atoms with Gasteiger partial charge in [-0.3, -0.25) is 0 Å². The number of nitrogens with zero attached hydrogens (tertiary/aromatic N) is 1. The third-order valence-electron chi connectivity index (χ3n) is 3.81. The van der Waals surface area contributed by atoms with Gasteiger partial charge in [0.1, 0.15) is 0 Å². The molecule has 1 aromatic carbocycles. The summed E-state index contributed by atoms with van der Waals surface area (Å²) in [5, 5.41) is 0. The van der Waals surface area contributed by atoms with Crippen LogP contribution in [-0.2, 0) is 12.7 Å². The molecule has 1 aliphatic rings. The van der Waals surface area contributed by atoms with E-state index in [0.717, 1.165) is 18.3 Å². The third-order valence-corrected chi connectivity index (χ3v) is 3.81. The minimum atomic E-state index is -4.33. The molecular weight excluding hydrogens is 253 g/mol. The van der Waals surface area contributed by atoms with Gasteiger partial charge in [0.25, 0.3) is 0 Å². The molecular formula is C14H19F3N2. The van der Waals surface area contributed by atoms with Gasteiger partial charge in [-0.2, -0.15) is 13.2 Å². The number of alkyl halides is 3. The number of halogens is 3. The van der Waals surface area contributed by atoms with Crippen LogP contribution in [0.25, 0.3) is 0 Å². The van der Waals surface area contributed by atoms with E-state index in [1.54, 1.807) is 6.07 Å². The zero-order valence-electron chi connectivity index (χ0n) is 11.0. The molecule has 0 heterocycles. The Labute approximate surface area is 111 Å². The predicted octanol–water partition coefficient (Wildman–Crippen LogP) is 3.40. The molecule has 1 aromatic rings. The van der Waals surface area contributed by atoms with Gasteiger partial charge in [0.15, 0.2) is 0 Å². The van der Waals surface area contributed by atoms with Crippen LogP contribution in [0.4, 0.5) is 18.9 Å². The first-order valence-electron chi connectivity index (χ1n) is 6.53. The summed E-state index contributed by atoms with van der Waals surface area (Å²) in [7, 11) is 1.92. The van der Waals surface area contributed by atoms with E-state index in [1.807, 2.05) is 11.9 Å². The van der Waals surface area contributed by atoms with E-state index in [1.165, 1.54) is 25.3 Å². The van der Waals surface area contributed by atoms with E-state index in [-0.39, 0.29) is 12.1 Å². The standard InChI is InChI=1S/C14H19F3N2/c1-19(9-10-3-2-4-10)12-5-6-13(14(15,16)17)11(7-12)8-18/h5-7,10H,2-4,8-9,18H2,1H3. The smallest absolute Gasteiger partial charge is 0.374 e. The Hall–Kier alpha value is -1.23. The molecule has 0 aliphatic heterocycles. The van der Waals surface area contributed by atoms with E-state index < -0.39 is 11.7 Å². The fourth-order valence-electron chi connectivity index (χ4n) is 2.43. The van der Waals surface area contributed by atoms with Crippen molar-refractivity contribution in [2.75, 3.05) is 18.5 Å². The second kappa shape index (κ2) is 5.41. The second-order valence-electron chi connectivity index (χ2n) is 5.22. The van der Waals surface area contributed by atoms with Gasteiger partial charge >= 0.3 is 6.18 Å². The topological polar surface area (TPSA) is 29.3 Å². The van der Waals surface area contributed by atoms with E-state index in [9.17, 15) is 13.2 Å². The molecule has 0 spiro atoms. The molecule has 5 heteroatoms. The Kier molecular flexibility index (Phi) is 4.04. The Morgan fingerprint density at radius 1 is 1.32 bits per heavy atom. The maximum atomic E-state index is 12.8. The SMILES string of the molecule is CN(CC1CCC1)c1ccc(C(F)(F)F)c(CN)c1. The van der Waals surface area contributed by atoms with Crippen LogP contribution in [-0.4, -0.2) is 13.6 Å². The molecule has 0 bridgehead atoms. The molecule has 2 nitrogen and oxygen atoms in total. The van der Waals surface area contributed by atoms with E-state index in [2.05, 4.69) is 0 Å². The maximum Gasteiger partial charge on any atom is 0.416 e. The fraction of sp³-hybridized carbons (Fsp3) is 0.571. The molecule has 0 atom stereocenters. The van der Waals surface area contributed by atoms with E-state index in [4.69, 9.17) is 5.73 Å². The Morgan fingerprint density at radius 2 is 2.00 bits per heavy atom. The van der Waals surface area contributed by atoms with Crippen molar-refractivity contribution < 1.29 is 13.2 Å². The Balaban J connectivity index is 2.18. The minimum absolute atomic E-state index is 0.0973. The van der Waals surface area contributed by atoms with Gasteiger partial charge in [0.2, 0.25) is 0 Å². The average molecular weight is 272 g/mol. The first kappa shape index (κ1) is 14.2. The van der Waals surface area contributed by atoms with Crippen LogP contribution in [0.3, 0.4) is 0 Å². The number of anilines is 1. The van der Waals surface area contributed by atoms with Gasteiger partial charge in [0.05, 0.1) is 5.56 Å². The second-order valence-corrected chi connectivity index (χ2v) is 5.22. The lowest BCUT2D eigenvalue weighted by molar-refractivity contribution is -0.138. The maximum absolute atomic E-state index is 12.8. The summed E-state index contributed by atoms with van der Waals surface area (Å²) in [4.78, 5) is 2.02. The quantitative estimate of drug-likeness (QED) is 0.910. The first-order chi connectivity index (χ1) is 8.91.